The monoisotopic (exact) mass is 445 g/mol. The van der Waals surface area contributed by atoms with E-state index in [1.807, 2.05) is 6.07 Å². The van der Waals surface area contributed by atoms with Gasteiger partial charge in [0.1, 0.15) is 16.6 Å². The Morgan fingerprint density at radius 1 is 1.03 bits per heavy atom. The summed E-state index contributed by atoms with van der Waals surface area (Å²) < 4.78 is 16.0. The number of anilines is 2. The average Bonchev–Trinajstić information content (AvgIpc) is 3.25. The Morgan fingerprint density at radius 3 is 2.52 bits per heavy atom. The van der Waals surface area contributed by atoms with Crippen LogP contribution >= 0.6 is 0 Å². The summed E-state index contributed by atoms with van der Waals surface area (Å²) in [5.41, 5.74) is 3.31. The molecule has 0 saturated carbocycles. The lowest BCUT2D eigenvalue weighted by molar-refractivity contribution is 0.102. The molecule has 1 N–H and O–H groups in total. The lowest BCUT2D eigenvalue weighted by atomic mass is 10.1. The Hall–Kier alpha value is -3.59. The largest absolute Gasteiger partial charge is 0.367 e. The third-order valence-electron chi connectivity index (χ3n) is 6.97. The maximum absolute atomic E-state index is 14.5. The Bertz CT molecular complexity index is 1390. The second-order valence-corrected chi connectivity index (χ2v) is 8.99. The van der Waals surface area contributed by atoms with Crippen LogP contribution in [0.5, 0.6) is 0 Å². The zero-order valence-electron chi connectivity index (χ0n) is 18.5. The lowest BCUT2D eigenvalue weighted by Crippen LogP contribution is -2.52. The molecule has 4 aromatic rings. The van der Waals surface area contributed by atoms with Crippen molar-refractivity contribution in [2.24, 2.45) is 7.05 Å². The van der Waals surface area contributed by atoms with Gasteiger partial charge in [-0.3, -0.25) is 24.3 Å². The molecule has 0 spiro atoms. The number of fused-ring (bicyclic) bond motifs is 4. The van der Waals surface area contributed by atoms with Crippen molar-refractivity contribution in [3.05, 3.63) is 54.2 Å². The van der Waals surface area contributed by atoms with E-state index >= 15 is 0 Å². The van der Waals surface area contributed by atoms with Crippen LogP contribution in [-0.2, 0) is 7.05 Å². The van der Waals surface area contributed by atoms with Gasteiger partial charge in [0, 0.05) is 61.9 Å². The molecular formula is C24H24FN7O. The summed E-state index contributed by atoms with van der Waals surface area (Å²) >= 11 is 0. The molecule has 4 heterocycles. The van der Waals surface area contributed by atoms with E-state index < -0.39 is 5.82 Å². The zero-order chi connectivity index (χ0) is 22.7. The van der Waals surface area contributed by atoms with Crippen LogP contribution in [0.1, 0.15) is 23.2 Å². The third kappa shape index (κ3) is 3.31. The molecule has 2 bridgehead atoms. The first-order chi connectivity index (χ1) is 16.0. The summed E-state index contributed by atoms with van der Waals surface area (Å²) in [5, 5.41) is 7.55. The number of carbonyl (C=O) groups is 1. The number of piperazine rings is 1. The molecule has 0 radical (unpaired) electrons. The Kier molecular flexibility index (Phi) is 4.55. The van der Waals surface area contributed by atoms with Gasteiger partial charge >= 0.3 is 0 Å². The van der Waals surface area contributed by atoms with Gasteiger partial charge in [-0.05, 0) is 44.2 Å². The third-order valence-corrected chi connectivity index (χ3v) is 6.97. The van der Waals surface area contributed by atoms with Crippen molar-refractivity contribution in [2.45, 2.75) is 24.9 Å². The Labute approximate surface area is 190 Å². The average molecular weight is 446 g/mol. The molecule has 0 aliphatic carbocycles. The standard InChI is InChI=1S/C24H24FN7O/c1-30-11-14-9-15(10-19(25)21(14)29-30)28-24(33)18-5-6-20(23-22(18)26-7-8-27-23)32-12-16-3-4-17(13-32)31(16)2/h5-11,16-17H,3-4,12-13H2,1-2H3,(H,28,33). The molecule has 2 aromatic carbocycles. The molecule has 2 saturated heterocycles. The normalized spacial score (nSPS) is 20.6. The highest BCUT2D eigenvalue weighted by molar-refractivity contribution is 6.13. The lowest BCUT2D eigenvalue weighted by Gasteiger charge is -2.40. The maximum atomic E-state index is 14.5. The minimum absolute atomic E-state index is 0.275. The van der Waals surface area contributed by atoms with Crippen LogP contribution in [0, 0.1) is 5.82 Å². The predicted octanol–water partition coefficient (Wildman–Crippen LogP) is 3.19. The molecule has 168 valence electrons. The second-order valence-electron chi connectivity index (χ2n) is 8.99. The number of hydrogen-bond acceptors (Lipinski definition) is 6. The van der Waals surface area contributed by atoms with Crippen LogP contribution in [0.3, 0.4) is 0 Å². The molecule has 2 atom stereocenters. The van der Waals surface area contributed by atoms with Crippen LogP contribution in [0.4, 0.5) is 15.8 Å². The summed E-state index contributed by atoms with van der Waals surface area (Å²) in [7, 11) is 3.94. The molecule has 6 rings (SSSR count). The van der Waals surface area contributed by atoms with Gasteiger partial charge in [-0.25, -0.2) is 4.39 Å². The number of aromatic nitrogens is 4. The molecule has 2 aliphatic heterocycles. The van der Waals surface area contributed by atoms with E-state index in [1.165, 1.54) is 18.9 Å². The van der Waals surface area contributed by atoms with Gasteiger partial charge in [-0.1, -0.05) is 0 Å². The molecule has 8 nitrogen and oxygen atoms in total. The van der Waals surface area contributed by atoms with Crippen LogP contribution in [0.25, 0.3) is 21.9 Å². The maximum Gasteiger partial charge on any atom is 0.257 e. The van der Waals surface area contributed by atoms with E-state index in [0.717, 1.165) is 18.8 Å². The second kappa shape index (κ2) is 7.48. The summed E-state index contributed by atoms with van der Waals surface area (Å²) in [6.45, 7) is 1.88. The van der Waals surface area contributed by atoms with Crippen LogP contribution in [0.15, 0.2) is 42.9 Å². The first-order valence-corrected chi connectivity index (χ1v) is 11.1. The minimum Gasteiger partial charge on any atom is -0.367 e. The number of rotatable bonds is 3. The highest BCUT2D eigenvalue weighted by Gasteiger charge is 2.38. The number of halogens is 1. The molecule has 2 aromatic heterocycles. The van der Waals surface area contributed by atoms with Gasteiger partial charge in [0.25, 0.3) is 5.91 Å². The number of aryl methyl sites for hydroxylation is 1. The van der Waals surface area contributed by atoms with Gasteiger partial charge in [0.2, 0.25) is 0 Å². The van der Waals surface area contributed by atoms with E-state index in [4.69, 9.17) is 0 Å². The van der Waals surface area contributed by atoms with E-state index in [-0.39, 0.29) is 11.4 Å². The van der Waals surface area contributed by atoms with Gasteiger partial charge in [-0.15, -0.1) is 0 Å². The van der Waals surface area contributed by atoms with Crippen LogP contribution in [-0.4, -0.2) is 62.8 Å². The minimum atomic E-state index is -0.479. The van der Waals surface area contributed by atoms with Crippen LogP contribution < -0.4 is 10.2 Å². The van der Waals surface area contributed by atoms with Crippen molar-refractivity contribution in [2.75, 3.05) is 30.4 Å². The van der Waals surface area contributed by atoms with Crippen molar-refractivity contribution in [1.29, 1.82) is 0 Å². The highest BCUT2D eigenvalue weighted by atomic mass is 19.1. The number of benzene rings is 2. The highest BCUT2D eigenvalue weighted by Crippen LogP contribution is 2.34. The number of amides is 1. The molecule has 1 amide bonds. The zero-order valence-corrected chi connectivity index (χ0v) is 18.5. The quantitative estimate of drug-likeness (QED) is 0.522. The van der Waals surface area contributed by atoms with E-state index in [0.29, 0.717) is 39.8 Å². The fourth-order valence-corrected chi connectivity index (χ4v) is 5.27. The van der Waals surface area contributed by atoms with Gasteiger partial charge < -0.3 is 10.2 Å². The van der Waals surface area contributed by atoms with Crippen molar-refractivity contribution in [3.8, 4) is 0 Å². The molecule has 33 heavy (non-hydrogen) atoms. The summed E-state index contributed by atoms with van der Waals surface area (Å²) in [5.74, 6) is -0.832. The Morgan fingerprint density at radius 2 is 1.76 bits per heavy atom. The summed E-state index contributed by atoms with van der Waals surface area (Å²) in [6, 6.07) is 7.83. The van der Waals surface area contributed by atoms with E-state index in [9.17, 15) is 9.18 Å². The number of nitrogens with zero attached hydrogens (tertiary/aromatic N) is 6. The summed E-state index contributed by atoms with van der Waals surface area (Å²) in [4.78, 5) is 27.1. The fourth-order valence-electron chi connectivity index (χ4n) is 5.27. The molecule has 2 fully saturated rings. The van der Waals surface area contributed by atoms with Crippen molar-refractivity contribution in [1.82, 2.24) is 24.6 Å². The number of nitrogens with one attached hydrogen (secondary N) is 1. The van der Waals surface area contributed by atoms with Gasteiger partial charge in [-0.2, -0.15) is 5.10 Å². The molecule has 2 aliphatic rings. The van der Waals surface area contributed by atoms with Gasteiger partial charge in [0.05, 0.1) is 11.3 Å². The summed E-state index contributed by atoms with van der Waals surface area (Å²) in [6.07, 6.45) is 7.38. The van der Waals surface area contributed by atoms with Crippen molar-refractivity contribution in [3.63, 3.8) is 0 Å². The smallest absolute Gasteiger partial charge is 0.257 e. The molecule has 9 heteroatoms. The van der Waals surface area contributed by atoms with E-state index in [2.05, 4.69) is 37.2 Å². The fraction of sp³-hybridized carbons (Fsp3) is 0.333. The van der Waals surface area contributed by atoms with Gasteiger partial charge in [0.15, 0.2) is 5.82 Å². The SMILES string of the molecule is CN1C2CCC1CN(c1ccc(C(=O)Nc3cc(F)c4nn(C)cc4c3)c3nccnc13)C2. The first-order valence-electron chi connectivity index (χ1n) is 11.1. The van der Waals surface area contributed by atoms with Crippen molar-refractivity contribution >= 4 is 39.2 Å². The number of carbonyl (C=O) groups excluding carboxylic acids is 1. The molecule has 2 unspecified atom stereocenters. The Balaban J connectivity index is 1.34. The topological polar surface area (TPSA) is 79.2 Å². The van der Waals surface area contributed by atoms with Crippen LogP contribution in [0.2, 0.25) is 0 Å². The van der Waals surface area contributed by atoms with Crippen molar-refractivity contribution < 1.29 is 9.18 Å². The number of likely N-dealkylation sites (N-methyl/N-ethyl adjacent to an activating group) is 1. The van der Waals surface area contributed by atoms with E-state index in [1.54, 1.807) is 42.5 Å². The molecular weight excluding hydrogens is 421 g/mol. The predicted molar refractivity (Wildman–Crippen MR) is 125 cm³/mol. The number of hydrogen-bond donors (Lipinski definition) is 1. The first kappa shape index (κ1) is 20.0.